The van der Waals surface area contributed by atoms with E-state index in [1.807, 2.05) is 0 Å². The van der Waals surface area contributed by atoms with Crippen LogP contribution in [-0.2, 0) is 22.4 Å². The van der Waals surface area contributed by atoms with E-state index in [0.29, 0.717) is 5.13 Å². The van der Waals surface area contributed by atoms with Gasteiger partial charge in [-0.05, 0) is 18.4 Å². The van der Waals surface area contributed by atoms with Crippen LogP contribution in [-0.4, -0.2) is 26.8 Å². The predicted molar refractivity (Wildman–Crippen MR) is 79.2 cm³/mol. The minimum Gasteiger partial charge on any atom is -0.302 e. The van der Waals surface area contributed by atoms with Gasteiger partial charge in [-0.1, -0.05) is 11.3 Å². The Morgan fingerprint density at radius 3 is 2.62 bits per heavy atom. The van der Waals surface area contributed by atoms with Gasteiger partial charge in [0.15, 0.2) is 5.13 Å². The maximum Gasteiger partial charge on any atom is 0.229 e. The second-order valence-electron chi connectivity index (χ2n) is 4.72. The van der Waals surface area contributed by atoms with E-state index in [2.05, 4.69) is 25.6 Å². The molecular weight excluding hydrogens is 290 g/mol. The quantitative estimate of drug-likeness (QED) is 0.878. The van der Waals surface area contributed by atoms with Crippen molar-refractivity contribution in [3.8, 4) is 10.6 Å². The number of carbonyl (C=O) groups excluding carboxylic acids is 2. The fraction of sp³-hybridized carbons (Fsp3) is 0.308. The van der Waals surface area contributed by atoms with Crippen LogP contribution >= 0.6 is 11.3 Å². The zero-order valence-electron chi connectivity index (χ0n) is 11.6. The molecule has 0 bridgehead atoms. The number of nitrogens with zero attached hydrogens (tertiary/aromatic N) is 3. The third-order valence-electron chi connectivity index (χ3n) is 2.98. The van der Waals surface area contributed by atoms with Gasteiger partial charge in [-0.2, -0.15) is 0 Å². The van der Waals surface area contributed by atoms with E-state index >= 15 is 0 Å². The van der Waals surface area contributed by atoms with Gasteiger partial charge in [0.2, 0.25) is 17.8 Å². The summed E-state index contributed by atoms with van der Waals surface area (Å²) in [6.07, 6.45) is 3.32. The fourth-order valence-electron chi connectivity index (χ4n) is 2.17. The molecule has 0 saturated heterocycles. The van der Waals surface area contributed by atoms with Crippen LogP contribution in [0.2, 0.25) is 0 Å². The molecule has 0 aliphatic heterocycles. The molecule has 3 rings (SSSR count). The topological polar surface area (TPSA) is 96.9 Å². The Morgan fingerprint density at radius 2 is 1.90 bits per heavy atom. The number of rotatable bonds is 2. The lowest BCUT2D eigenvalue weighted by atomic mass is 10.00. The number of hydrogen-bond donors (Lipinski definition) is 2. The molecule has 0 atom stereocenters. The maximum atomic E-state index is 11.1. The van der Waals surface area contributed by atoms with E-state index in [1.165, 1.54) is 25.2 Å². The summed E-state index contributed by atoms with van der Waals surface area (Å²) in [6, 6.07) is 0. The standard InChI is InChI=1S/C13H13N5O2S/c1-6(19)15-12-14-5-8-3-4-9-11(10(8)18-12)21-13(17-9)16-7(2)20/h5H,3-4H2,1-2H3,(H,16,17,20)(H,14,15,18,19). The van der Waals surface area contributed by atoms with E-state index in [4.69, 9.17) is 0 Å². The zero-order valence-corrected chi connectivity index (χ0v) is 12.4. The first kappa shape index (κ1) is 13.6. The largest absolute Gasteiger partial charge is 0.302 e. The van der Waals surface area contributed by atoms with Gasteiger partial charge in [-0.3, -0.25) is 14.9 Å². The zero-order chi connectivity index (χ0) is 15.0. The van der Waals surface area contributed by atoms with Gasteiger partial charge in [-0.25, -0.2) is 15.0 Å². The molecule has 8 heteroatoms. The Kier molecular flexibility index (Phi) is 3.38. The Balaban J connectivity index is 2.01. The van der Waals surface area contributed by atoms with Crippen molar-refractivity contribution in [3.63, 3.8) is 0 Å². The predicted octanol–water partition coefficient (Wildman–Crippen LogP) is 1.62. The molecular formula is C13H13N5O2S. The highest BCUT2D eigenvalue weighted by Crippen LogP contribution is 2.38. The highest BCUT2D eigenvalue weighted by molar-refractivity contribution is 7.19. The van der Waals surface area contributed by atoms with Gasteiger partial charge in [0.05, 0.1) is 16.3 Å². The van der Waals surface area contributed by atoms with Crippen molar-refractivity contribution in [3.05, 3.63) is 17.5 Å². The van der Waals surface area contributed by atoms with Crippen LogP contribution in [0, 0.1) is 0 Å². The highest BCUT2D eigenvalue weighted by Gasteiger charge is 2.23. The minimum atomic E-state index is -0.214. The van der Waals surface area contributed by atoms with Crippen molar-refractivity contribution in [2.24, 2.45) is 0 Å². The summed E-state index contributed by atoms with van der Waals surface area (Å²) in [5, 5.41) is 5.84. The smallest absolute Gasteiger partial charge is 0.229 e. The lowest BCUT2D eigenvalue weighted by Gasteiger charge is -2.14. The number of anilines is 2. The first-order valence-electron chi connectivity index (χ1n) is 6.44. The monoisotopic (exact) mass is 303 g/mol. The van der Waals surface area contributed by atoms with Crippen LogP contribution in [0.1, 0.15) is 25.1 Å². The molecule has 108 valence electrons. The first-order chi connectivity index (χ1) is 10.0. The SMILES string of the molecule is CC(=O)Nc1ncc2c(n1)-c1sc(NC(C)=O)nc1CC2. The molecule has 2 aromatic heterocycles. The van der Waals surface area contributed by atoms with Crippen molar-refractivity contribution in [1.82, 2.24) is 15.0 Å². The third kappa shape index (κ3) is 2.75. The summed E-state index contributed by atoms with van der Waals surface area (Å²) in [7, 11) is 0. The number of hydrogen-bond acceptors (Lipinski definition) is 6. The van der Waals surface area contributed by atoms with E-state index in [-0.39, 0.29) is 17.8 Å². The van der Waals surface area contributed by atoms with Gasteiger partial charge in [0.1, 0.15) is 0 Å². The van der Waals surface area contributed by atoms with Gasteiger partial charge in [0, 0.05) is 20.0 Å². The Labute approximate surface area is 124 Å². The number of aromatic nitrogens is 3. The highest BCUT2D eigenvalue weighted by atomic mass is 32.1. The molecule has 1 aliphatic carbocycles. The lowest BCUT2D eigenvalue weighted by molar-refractivity contribution is -0.115. The molecule has 1 aliphatic rings. The molecule has 0 fully saturated rings. The molecule has 0 spiro atoms. The van der Waals surface area contributed by atoms with Crippen molar-refractivity contribution in [1.29, 1.82) is 0 Å². The normalized spacial score (nSPS) is 12.3. The second-order valence-corrected chi connectivity index (χ2v) is 5.72. The molecule has 2 heterocycles. The Hall–Kier alpha value is -2.35. The summed E-state index contributed by atoms with van der Waals surface area (Å²) in [5.74, 6) is -0.0826. The molecule has 2 amide bonds. The second kappa shape index (κ2) is 5.21. The van der Waals surface area contributed by atoms with Crippen molar-refractivity contribution in [2.45, 2.75) is 26.7 Å². The average molecular weight is 303 g/mol. The van der Waals surface area contributed by atoms with Crippen LogP contribution in [0.15, 0.2) is 6.20 Å². The van der Waals surface area contributed by atoms with Gasteiger partial charge < -0.3 is 5.32 Å². The fourth-order valence-corrected chi connectivity index (χ4v) is 3.25. The van der Waals surface area contributed by atoms with Gasteiger partial charge in [0.25, 0.3) is 0 Å². The molecule has 0 saturated carbocycles. The summed E-state index contributed by atoms with van der Waals surface area (Å²) >= 11 is 1.39. The van der Waals surface area contributed by atoms with Crippen molar-refractivity contribution in [2.75, 3.05) is 10.6 Å². The molecule has 0 radical (unpaired) electrons. The van der Waals surface area contributed by atoms with Crippen LogP contribution < -0.4 is 10.6 Å². The van der Waals surface area contributed by atoms with Crippen molar-refractivity contribution < 1.29 is 9.59 Å². The Morgan fingerprint density at radius 1 is 1.14 bits per heavy atom. The van der Waals surface area contributed by atoms with E-state index in [0.717, 1.165) is 34.7 Å². The number of fused-ring (bicyclic) bond motifs is 3. The Bertz CT molecular complexity index is 740. The summed E-state index contributed by atoms with van der Waals surface area (Å²) < 4.78 is 0. The minimum absolute atomic E-state index is 0.150. The number of carbonyl (C=O) groups is 2. The summed E-state index contributed by atoms with van der Waals surface area (Å²) in [6.45, 7) is 2.86. The maximum absolute atomic E-state index is 11.1. The molecule has 7 nitrogen and oxygen atoms in total. The van der Waals surface area contributed by atoms with Crippen LogP contribution in [0.4, 0.5) is 11.1 Å². The summed E-state index contributed by atoms with van der Waals surface area (Å²) in [5.41, 5.74) is 2.72. The number of nitrogens with one attached hydrogen (secondary N) is 2. The van der Waals surface area contributed by atoms with Crippen molar-refractivity contribution >= 4 is 34.2 Å². The van der Waals surface area contributed by atoms with E-state index in [9.17, 15) is 9.59 Å². The van der Waals surface area contributed by atoms with E-state index < -0.39 is 0 Å². The van der Waals surface area contributed by atoms with E-state index in [1.54, 1.807) is 6.20 Å². The molecule has 2 aromatic rings. The average Bonchev–Trinajstić information content (AvgIpc) is 2.79. The number of amides is 2. The molecule has 2 N–H and O–H groups in total. The third-order valence-corrected chi connectivity index (χ3v) is 4.00. The lowest BCUT2D eigenvalue weighted by Crippen LogP contribution is -2.12. The summed E-state index contributed by atoms with van der Waals surface area (Å²) in [4.78, 5) is 36.1. The first-order valence-corrected chi connectivity index (χ1v) is 7.26. The number of aryl methyl sites for hydroxylation is 2. The van der Waals surface area contributed by atoms with Crippen LogP contribution in [0.3, 0.4) is 0 Å². The molecule has 0 unspecified atom stereocenters. The van der Waals surface area contributed by atoms with Gasteiger partial charge >= 0.3 is 0 Å². The number of thiazole rings is 1. The van der Waals surface area contributed by atoms with Crippen LogP contribution in [0.5, 0.6) is 0 Å². The molecule has 21 heavy (non-hydrogen) atoms. The van der Waals surface area contributed by atoms with Crippen LogP contribution in [0.25, 0.3) is 10.6 Å². The van der Waals surface area contributed by atoms with Gasteiger partial charge in [-0.15, -0.1) is 0 Å². The molecule has 0 aromatic carbocycles.